The summed E-state index contributed by atoms with van der Waals surface area (Å²) in [6, 6.07) is 0. The predicted octanol–water partition coefficient (Wildman–Crippen LogP) is 1.15. The lowest BCUT2D eigenvalue weighted by Crippen LogP contribution is -2.26. The van der Waals surface area contributed by atoms with E-state index in [2.05, 4.69) is 5.92 Å². The molecule has 0 aromatic rings. The van der Waals surface area contributed by atoms with Crippen molar-refractivity contribution in [1.29, 1.82) is 0 Å². The molecule has 0 bridgehead atoms. The molecule has 0 spiro atoms. The van der Waals surface area contributed by atoms with Crippen LogP contribution in [0.25, 0.3) is 0 Å². The van der Waals surface area contributed by atoms with Gasteiger partial charge in [-0.1, -0.05) is 5.92 Å². The van der Waals surface area contributed by atoms with Crippen LogP contribution >= 0.6 is 0 Å². The van der Waals surface area contributed by atoms with Gasteiger partial charge in [-0.15, -0.1) is 0 Å². The smallest absolute Gasteiger partial charge is 0.0606 e. The molecule has 1 radical (unpaired) electrons. The molecule has 1 unspecified atom stereocenters. The minimum Gasteiger partial charge on any atom is -0.378 e. The maximum Gasteiger partial charge on any atom is 0.0606 e. The van der Waals surface area contributed by atoms with Crippen molar-refractivity contribution in [3.05, 3.63) is 6.42 Å². The molecule has 1 fully saturated rings. The first-order chi connectivity index (χ1) is 3.93. The third kappa shape index (κ3) is 1.24. The molecule has 0 aromatic heterocycles. The van der Waals surface area contributed by atoms with Crippen LogP contribution in [-0.4, -0.2) is 12.7 Å². The van der Waals surface area contributed by atoms with E-state index in [1.807, 2.05) is 0 Å². The maximum absolute atomic E-state index is 6.59. The van der Waals surface area contributed by atoms with E-state index in [9.17, 15) is 0 Å². The van der Waals surface area contributed by atoms with Gasteiger partial charge < -0.3 is 4.74 Å². The van der Waals surface area contributed by atoms with E-state index < -0.39 is 0 Å². The van der Waals surface area contributed by atoms with Crippen molar-refractivity contribution < 1.29 is 4.74 Å². The molecule has 0 aliphatic carbocycles. The Balaban J connectivity index is 1.95. The highest BCUT2D eigenvalue weighted by Gasteiger charge is 2.16. The first kappa shape index (κ1) is 5.65. The van der Waals surface area contributed by atoms with E-state index in [4.69, 9.17) is 11.2 Å². The lowest BCUT2D eigenvalue weighted by molar-refractivity contribution is -0.0535. The minimum atomic E-state index is 0.452. The molecular formula is C7H9O. The zero-order valence-electron chi connectivity index (χ0n) is 4.81. The Hall–Kier alpha value is -0.480. The molecule has 0 aromatic carbocycles. The Bertz CT molecular complexity index is 97.4. The van der Waals surface area contributed by atoms with E-state index in [0.29, 0.717) is 6.10 Å². The highest BCUT2D eigenvalue weighted by Crippen LogP contribution is 2.15. The van der Waals surface area contributed by atoms with E-state index in [0.717, 1.165) is 19.4 Å². The van der Waals surface area contributed by atoms with Crippen LogP contribution in [-0.2, 0) is 4.74 Å². The van der Waals surface area contributed by atoms with E-state index in [1.165, 1.54) is 6.42 Å². The second-order valence-electron chi connectivity index (χ2n) is 2.00. The molecule has 0 N–H and O–H groups in total. The Morgan fingerprint density at radius 3 is 2.88 bits per heavy atom. The van der Waals surface area contributed by atoms with Crippen molar-refractivity contribution in [2.24, 2.45) is 0 Å². The first-order valence-electron chi connectivity index (χ1n) is 2.94. The summed E-state index contributed by atoms with van der Waals surface area (Å²) < 4.78 is 5.11. The van der Waals surface area contributed by atoms with Crippen molar-refractivity contribution >= 4 is 0 Å². The van der Waals surface area contributed by atoms with Gasteiger partial charge in [0.25, 0.3) is 0 Å². The lowest BCUT2D eigenvalue weighted by Gasteiger charge is -2.25. The third-order valence-electron chi connectivity index (χ3n) is 1.38. The SMILES string of the molecule is [C]#CCCC1CCO1. The standard InChI is InChI=1S/C7H9O/c1-2-3-4-7-5-6-8-7/h7H,3-6H2. The normalized spacial score (nSPS) is 26.1. The summed E-state index contributed by atoms with van der Waals surface area (Å²) in [5, 5.41) is 0. The van der Waals surface area contributed by atoms with Crippen LogP contribution in [0.1, 0.15) is 19.3 Å². The number of hydrogen-bond acceptors (Lipinski definition) is 1. The van der Waals surface area contributed by atoms with Gasteiger partial charge in [0.1, 0.15) is 0 Å². The molecule has 1 nitrogen and oxygen atoms in total. The van der Waals surface area contributed by atoms with Crippen LogP contribution in [0.3, 0.4) is 0 Å². The van der Waals surface area contributed by atoms with Crippen molar-refractivity contribution in [3.8, 4) is 5.92 Å². The van der Waals surface area contributed by atoms with Gasteiger partial charge in [0.15, 0.2) is 0 Å². The number of ether oxygens (including phenoxy) is 1. The predicted molar refractivity (Wildman–Crippen MR) is 30.7 cm³/mol. The van der Waals surface area contributed by atoms with Gasteiger partial charge in [-0.05, 0) is 19.3 Å². The van der Waals surface area contributed by atoms with Crippen LogP contribution in [0, 0.1) is 12.3 Å². The average molecular weight is 109 g/mol. The van der Waals surface area contributed by atoms with Crippen molar-refractivity contribution in [1.82, 2.24) is 0 Å². The average Bonchev–Trinajstić information content (AvgIpc) is 1.63. The molecule has 8 heavy (non-hydrogen) atoms. The largest absolute Gasteiger partial charge is 0.378 e. The fourth-order valence-electron chi connectivity index (χ4n) is 0.745. The minimum absolute atomic E-state index is 0.452. The summed E-state index contributed by atoms with van der Waals surface area (Å²) >= 11 is 0. The van der Waals surface area contributed by atoms with Gasteiger partial charge in [-0.3, -0.25) is 0 Å². The molecule has 1 heterocycles. The molecular weight excluding hydrogens is 100 g/mol. The molecule has 0 saturated carbocycles. The quantitative estimate of drug-likeness (QED) is 0.483. The molecule has 43 valence electrons. The fraction of sp³-hybridized carbons (Fsp3) is 0.714. The summed E-state index contributed by atoms with van der Waals surface area (Å²) in [4.78, 5) is 0. The van der Waals surface area contributed by atoms with Gasteiger partial charge in [0, 0.05) is 13.0 Å². The Labute approximate surface area is 50.0 Å². The van der Waals surface area contributed by atoms with E-state index in [1.54, 1.807) is 0 Å². The second-order valence-corrected chi connectivity index (χ2v) is 2.00. The zero-order chi connectivity index (χ0) is 5.82. The highest BCUT2D eigenvalue weighted by atomic mass is 16.5. The van der Waals surface area contributed by atoms with Crippen LogP contribution in [0.4, 0.5) is 0 Å². The van der Waals surface area contributed by atoms with Gasteiger partial charge in [-0.2, -0.15) is 0 Å². The fourth-order valence-corrected chi connectivity index (χ4v) is 0.745. The molecule has 1 rings (SSSR count). The molecule has 0 amide bonds. The molecule has 1 heteroatoms. The van der Waals surface area contributed by atoms with Crippen molar-refractivity contribution in [2.75, 3.05) is 6.61 Å². The third-order valence-corrected chi connectivity index (χ3v) is 1.38. The van der Waals surface area contributed by atoms with Crippen molar-refractivity contribution in [3.63, 3.8) is 0 Å². The Morgan fingerprint density at radius 1 is 1.75 bits per heavy atom. The van der Waals surface area contributed by atoms with Crippen LogP contribution in [0.15, 0.2) is 0 Å². The summed E-state index contributed by atoms with van der Waals surface area (Å²) in [6.07, 6.45) is 9.97. The van der Waals surface area contributed by atoms with Crippen LogP contribution in [0.5, 0.6) is 0 Å². The van der Waals surface area contributed by atoms with E-state index >= 15 is 0 Å². The number of hydrogen-bond donors (Lipinski definition) is 0. The summed E-state index contributed by atoms with van der Waals surface area (Å²) in [5.41, 5.74) is 0. The molecule has 1 atom stereocenters. The zero-order valence-corrected chi connectivity index (χ0v) is 4.81. The summed E-state index contributed by atoms with van der Waals surface area (Å²) in [5.74, 6) is 2.34. The second kappa shape index (κ2) is 2.74. The summed E-state index contributed by atoms with van der Waals surface area (Å²) in [7, 11) is 0. The van der Waals surface area contributed by atoms with Crippen LogP contribution < -0.4 is 0 Å². The topological polar surface area (TPSA) is 9.23 Å². The Kier molecular flexibility index (Phi) is 1.93. The number of rotatable bonds is 2. The molecule has 1 saturated heterocycles. The highest BCUT2D eigenvalue weighted by molar-refractivity contribution is 4.79. The monoisotopic (exact) mass is 109 g/mol. The maximum atomic E-state index is 6.59. The van der Waals surface area contributed by atoms with Gasteiger partial charge in [0.2, 0.25) is 0 Å². The van der Waals surface area contributed by atoms with E-state index in [-0.39, 0.29) is 0 Å². The van der Waals surface area contributed by atoms with Gasteiger partial charge in [0.05, 0.1) is 6.10 Å². The molecule has 1 aliphatic heterocycles. The van der Waals surface area contributed by atoms with Crippen LogP contribution in [0.2, 0.25) is 0 Å². The Morgan fingerprint density at radius 2 is 2.50 bits per heavy atom. The molecule has 1 aliphatic rings. The lowest BCUT2D eigenvalue weighted by atomic mass is 10.1. The van der Waals surface area contributed by atoms with Gasteiger partial charge >= 0.3 is 0 Å². The summed E-state index contributed by atoms with van der Waals surface area (Å²) in [6.45, 7) is 0.919. The van der Waals surface area contributed by atoms with Crippen molar-refractivity contribution in [2.45, 2.75) is 25.4 Å². The first-order valence-corrected chi connectivity index (χ1v) is 2.94. The van der Waals surface area contributed by atoms with Gasteiger partial charge in [-0.25, -0.2) is 0 Å².